The van der Waals surface area contributed by atoms with Crippen LogP contribution >= 0.6 is 0 Å². The van der Waals surface area contributed by atoms with Crippen LogP contribution in [0.3, 0.4) is 0 Å². The predicted molar refractivity (Wildman–Crippen MR) is 98.2 cm³/mol. The van der Waals surface area contributed by atoms with Crippen LogP contribution in [0.25, 0.3) is 5.70 Å². The maximum Gasteiger partial charge on any atom is 0.124 e. The second-order valence-electron chi connectivity index (χ2n) is 4.64. The Labute approximate surface area is 139 Å². The first-order valence-electron chi connectivity index (χ1n) is 7.91. The van der Waals surface area contributed by atoms with Crippen molar-refractivity contribution >= 4 is 5.70 Å². The smallest absolute Gasteiger partial charge is 0.124 e. The summed E-state index contributed by atoms with van der Waals surface area (Å²) in [5.41, 5.74) is 19.3. The van der Waals surface area contributed by atoms with Gasteiger partial charge in [-0.3, -0.25) is 0 Å². The van der Waals surface area contributed by atoms with Gasteiger partial charge in [-0.2, -0.15) is 0 Å². The summed E-state index contributed by atoms with van der Waals surface area (Å²) >= 11 is 0. The van der Waals surface area contributed by atoms with E-state index in [0.717, 1.165) is 19.6 Å². The molecule has 0 saturated heterocycles. The summed E-state index contributed by atoms with van der Waals surface area (Å²) in [4.78, 5) is 2.03. The highest BCUT2D eigenvalue weighted by Crippen LogP contribution is 2.23. The lowest BCUT2D eigenvalue weighted by Gasteiger charge is -2.25. The second kappa shape index (κ2) is 11.3. The van der Waals surface area contributed by atoms with Gasteiger partial charge in [-0.25, -0.2) is 0 Å². The number of hydrogen-bond acceptors (Lipinski definition) is 6. The lowest BCUT2D eigenvalue weighted by molar-refractivity contribution is 0.369. The number of phenolic OH excluding ortho intramolecular Hbond substituents is 1. The molecule has 0 saturated carbocycles. The fourth-order valence-corrected chi connectivity index (χ4v) is 2.00. The number of nitrogens with two attached hydrogens (primary N) is 3. The van der Waals surface area contributed by atoms with Gasteiger partial charge in [0.2, 0.25) is 0 Å². The first kappa shape index (κ1) is 20.7. The van der Waals surface area contributed by atoms with Gasteiger partial charge in [-0.1, -0.05) is 26.0 Å². The van der Waals surface area contributed by atoms with Crippen molar-refractivity contribution < 1.29 is 5.11 Å². The average molecular weight is 321 g/mol. The van der Waals surface area contributed by atoms with E-state index in [1.807, 2.05) is 38.8 Å². The number of para-hydroxylation sites is 1. The molecule has 1 aromatic carbocycles. The van der Waals surface area contributed by atoms with Crippen molar-refractivity contribution in [2.75, 3.05) is 26.7 Å². The molecule has 8 N–H and O–H groups in total. The normalized spacial score (nSPS) is 10.5. The quantitative estimate of drug-likeness (QED) is 0.484. The average Bonchev–Trinajstić information content (AvgIpc) is 2.56. The van der Waals surface area contributed by atoms with Crippen molar-refractivity contribution in [3.05, 3.63) is 47.4 Å². The lowest BCUT2D eigenvalue weighted by Crippen LogP contribution is -2.33. The van der Waals surface area contributed by atoms with E-state index in [1.165, 1.54) is 0 Å². The van der Waals surface area contributed by atoms with Crippen LogP contribution in [-0.2, 0) is 0 Å². The highest BCUT2D eigenvalue weighted by Gasteiger charge is 2.11. The van der Waals surface area contributed by atoms with Crippen molar-refractivity contribution in [3.63, 3.8) is 0 Å². The molecule has 0 aliphatic carbocycles. The number of phenols is 1. The summed E-state index contributed by atoms with van der Waals surface area (Å²) < 4.78 is 0. The first-order valence-corrected chi connectivity index (χ1v) is 7.91. The van der Waals surface area contributed by atoms with Gasteiger partial charge in [0.05, 0.1) is 5.70 Å². The van der Waals surface area contributed by atoms with Crippen molar-refractivity contribution in [2.24, 2.45) is 17.2 Å². The lowest BCUT2D eigenvalue weighted by atomic mass is 10.1. The van der Waals surface area contributed by atoms with Crippen LogP contribution in [0, 0.1) is 0 Å². The molecular formula is C17H31N5O. The number of nitrogens with one attached hydrogen (secondary N) is 1. The van der Waals surface area contributed by atoms with Gasteiger partial charge < -0.3 is 32.5 Å². The molecule has 0 amide bonds. The zero-order valence-electron chi connectivity index (χ0n) is 14.6. The minimum absolute atomic E-state index is 0.125. The van der Waals surface area contributed by atoms with Gasteiger partial charge in [0.25, 0.3) is 0 Å². The minimum atomic E-state index is 0.125. The van der Waals surface area contributed by atoms with E-state index in [9.17, 15) is 5.11 Å². The van der Waals surface area contributed by atoms with E-state index in [0.29, 0.717) is 17.0 Å². The Balaban J connectivity index is 0.00000232. The molecule has 6 heteroatoms. The van der Waals surface area contributed by atoms with Crippen LogP contribution in [0.2, 0.25) is 0 Å². The van der Waals surface area contributed by atoms with E-state index < -0.39 is 0 Å². The van der Waals surface area contributed by atoms with Crippen LogP contribution in [0.1, 0.15) is 26.3 Å². The van der Waals surface area contributed by atoms with E-state index in [1.54, 1.807) is 24.3 Å². The Morgan fingerprint density at radius 1 is 1.22 bits per heavy atom. The molecule has 0 spiro atoms. The molecule has 1 aromatic rings. The fraction of sp³-hybridized carbons (Fsp3) is 0.412. The third kappa shape index (κ3) is 6.52. The summed E-state index contributed by atoms with van der Waals surface area (Å²) in [7, 11) is 1.88. The van der Waals surface area contributed by atoms with Gasteiger partial charge in [-0.05, 0) is 32.2 Å². The largest absolute Gasteiger partial charge is 0.507 e. The van der Waals surface area contributed by atoms with Gasteiger partial charge in [0.15, 0.2) is 0 Å². The number of hydrogen-bond donors (Lipinski definition) is 5. The molecular weight excluding hydrogens is 290 g/mol. The molecule has 23 heavy (non-hydrogen) atoms. The van der Waals surface area contributed by atoms with Gasteiger partial charge >= 0.3 is 0 Å². The highest BCUT2D eigenvalue weighted by molar-refractivity contribution is 5.69. The Hall–Kier alpha value is -2.34. The van der Waals surface area contributed by atoms with Crippen molar-refractivity contribution in [1.29, 1.82) is 0 Å². The van der Waals surface area contributed by atoms with Crippen LogP contribution in [-0.4, -0.2) is 36.7 Å². The molecule has 1 rings (SSSR count). The molecule has 0 unspecified atom stereocenters. The molecule has 0 bridgehead atoms. The minimum Gasteiger partial charge on any atom is -0.507 e. The molecule has 0 atom stereocenters. The molecule has 0 radical (unpaired) electrons. The summed E-state index contributed by atoms with van der Waals surface area (Å²) in [5.74, 6) is 0.325. The molecule has 0 heterocycles. The van der Waals surface area contributed by atoms with Crippen LogP contribution in [0.4, 0.5) is 0 Å². The number of likely N-dealkylation sites (N-methyl/N-ethyl adjacent to an activating group) is 2. The Kier molecular flexibility index (Phi) is 10.1. The first-order chi connectivity index (χ1) is 11.0. The van der Waals surface area contributed by atoms with E-state index >= 15 is 0 Å². The Morgan fingerprint density at radius 3 is 2.30 bits per heavy atom. The number of benzene rings is 1. The Morgan fingerprint density at radius 2 is 1.83 bits per heavy atom. The third-order valence-corrected chi connectivity index (χ3v) is 3.16. The highest BCUT2D eigenvalue weighted by atomic mass is 16.3. The van der Waals surface area contributed by atoms with Gasteiger partial charge in [-0.15, -0.1) is 0 Å². The third-order valence-electron chi connectivity index (χ3n) is 3.16. The number of aromatic hydroxyl groups is 1. The monoisotopic (exact) mass is 321 g/mol. The van der Waals surface area contributed by atoms with Gasteiger partial charge in [0.1, 0.15) is 11.6 Å². The summed E-state index contributed by atoms with van der Waals surface area (Å²) in [5, 5.41) is 12.9. The number of nitrogens with zero attached hydrogens (tertiary/aromatic N) is 1. The zero-order valence-corrected chi connectivity index (χ0v) is 14.6. The summed E-state index contributed by atoms with van der Waals surface area (Å²) in [6, 6.07) is 6.88. The Bertz CT molecular complexity index is 521. The SMILES string of the molecule is CC.CCN(CCNC)C(/C=C(\N)c1ccccc1O)=C(N)N. The summed E-state index contributed by atoms with van der Waals surface area (Å²) in [6.07, 6.45) is 1.70. The fourth-order valence-electron chi connectivity index (χ4n) is 2.00. The molecule has 0 fully saturated rings. The van der Waals surface area contributed by atoms with E-state index in [-0.39, 0.29) is 11.6 Å². The molecule has 6 nitrogen and oxygen atoms in total. The van der Waals surface area contributed by atoms with Gasteiger partial charge in [0, 0.05) is 30.9 Å². The number of allylic oxidation sites excluding steroid dienone is 1. The molecule has 0 aliphatic heterocycles. The van der Waals surface area contributed by atoms with E-state index in [4.69, 9.17) is 17.2 Å². The second-order valence-corrected chi connectivity index (χ2v) is 4.64. The van der Waals surface area contributed by atoms with Crippen LogP contribution < -0.4 is 22.5 Å². The van der Waals surface area contributed by atoms with Crippen molar-refractivity contribution in [3.8, 4) is 5.75 Å². The topological polar surface area (TPSA) is 114 Å². The van der Waals surface area contributed by atoms with Crippen molar-refractivity contribution in [1.82, 2.24) is 10.2 Å². The van der Waals surface area contributed by atoms with E-state index in [2.05, 4.69) is 5.32 Å². The molecule has 0 aliphatic rings. The molecule has 130 valence electrons. The van der Waals surface area contributed by atoms with Crippen LogP contribution in [0.15, 0.2) is 41.9 Å². The maximum absolute atomic E-state index is 9.85. The molecule has 0 aromatic heterocycles. The summed E-state index contributed by atoms with van der Waals surface area (Å²) in [6.45, 7) is 8.32. The number of rotatable bonds is 7. The van der Waals surface area contributed by atoms with Crippen LogP contribution in [0.5, 0.6) is 5.75 Å². The maximum atomic E-state index is 9.85. The predicted octanol–water partition coefficient (Wildman–Crippen LogP) is 1.35. The standard InChI is InChI=1S/C15H25N5O.C2H6/c1-3-20(9-8-19-2)13(15(17)18)10-12(16)11-6-4-5-7-14(11)21;1-2/h4-7,10,19,21H,3,8-9,16-18H2,1-2H3;1-2H3/b12-10-;. The van der Waals surface area contributed by atoms with Crippen molar-refractivity contribution in [2.45, 2.75) is 20.8 Å². The zero-order chi connectivity index (χ0) is 17.8.